The maximum Gasteiger partial charge on any atom is 0.331 e. The van der Waals surface area contributed by atoms with Gasteiger partial charge < -0.3 is 4.90 Å². The number of hydrogen-bond acceptors (Lipinski definition) is 4. The van der Waals surface area contributed by atoms with E-state index in [0.29, 0.717) is 13.1 Å². The molecule has 0 aromatic carbocycles. The number of aromatic nitrogens is 4. The average molecular weight is 331 g/mol. The molecule has 0 aliphatic carbocycles. The van der Waals surface area contributed by atoms with Crippen molar-refractivity contribution in [3.8, 4) is 0 Å². The normalized spacial score (nSPS) is 17.9. The maximum atomic E-state index is 12.5. The molecule has 1 amide bonds. The van der Waals surface area contributed by atoms with Crippen molar-refractivity contribution in [2.24, 2.45) is 7.05 Å². The van der Waals surface area contributed by atoms with Gasteiger partial charge in [-0.25, -0.2) is 4.79 Å². The first kappa shape index (κ1) is 16.2. The van der Waals surface area contributed by atoms with E-state index in [1.165, 1.54) is 23.9 Å². The first-order valence-electron chi connectivity index (χ1n) is 8.02. The number of H-pyrrole nitrogens is 1. The molecule has 2 aromatic rings. The van der Waals surface area contributed by atoms with Crippen LogP contribution in [-0.2, 0) is 18.4 Å². The molecule has 8 nitrogen and oxygen atoms in total. The number of carbonyl (C=O) groups is 1. The minimum absolute atomic E-state index is 0.0563. The first-order chi connectivity index (χ1) is 11.5. The summed E-state index contributed by atoms with van der Waals surface area (Å²) in [4.78, 5) is 37.8. The predicted octanol–water partition coefficient (Wildman–Crippen LogP) is -0.0153. The fourth-order valence-corrected chi connectivity index (χ4v) is 3.08. The summed E-state index contributed by atoms with van der Waals surface area (Å²) < 4.78 is 2.27. The molecule has 0 radical (unpaired) electrons. The fourth-order valence-electron chi connectivity index (χ4n) is 3.08. The van der Waals surface area contributed by atoms with E-state index in [1.807, 2.05) is 13.0 Å². The largest absolute Gasteiger partial charge is 0.340 e. The quantitative estimate of drug-likeness (QED) is 0.856. The van der Waals surface area contributed by atoms with Crippen LogP contribution in [0.4, 0.5) is 0 Å². The number of piperidine rings is 1. The molecule has 3 rings (SSSR count). The van der Waals surface area contributed by atoms with Gasteiger partial charge in [0.15, 0.2) is 0 Å². The zero-order valence-electron chi connectivity index (χ0n) is 13.9. The summed E-state index contributed by atoms with van der Waals surface area (Å²) >= 11 is 0. The van der Waals surface area contributed by atoms with Gasteiger partial charge in [-0.3, -0.25) is 23.8 Å². The van der Waals surface area contributed by atoms with Crippen LogP contribution in [0.15, 0.2) is 27.9 Å². The molecule has 3 heterocycles. The highest BCUT2D eigenvalue weighted by Crippen LogP contribution is 2.25. The van der Waals surface area contributed by atoms with Gasteiger partial charge in [0.2, 0.25) is 5.91 Å². The number of nitrogens with one attached hydrogen (secondary N) is 1. The molecule has 0 spiro atoms. The molecule has 0 bridgehead atoms. The lowest BCUT2D eigenvalue weighted by atomic mass is 9.94. The Kier molecular flexibility index (Phi) is 4.37. The molecule has 8 heteroatoms. The molecular weight excluding hydrogens is 310 g/mol. The van der Waals surface area contributed by atoms with Crippen LogP contribution in [0.25, 0.3) is 0 Å². The Hall–Kier alpha value is -2.64. The van der Waals surface area contributed by atoms with Crippen molar-refractivity contribution in [3.05, 3.63) is 50.6 Å². The smallest absolute Gasteiger partial charge is 0.331 e. The highest BCUT2D eigenvalue weighted by atomic mass is 16.2. The van der Waals surface area contributed by atoms with Crippen LogP contribution < -0.4 is 11.2 Å². The van der Waals surface area contributed by atoms with Crippen LogP contribution >= 0.6 is 0 Å². The van der Waals surface area contributed by atoms with Gasteiger partial charge in [0.05, 0.1) is 5.69 Å². The first-order valence-corrected chi connectivity index (χ1v) is 8.02. The SMILES string of the molecule is Cc1cc([C@@H]2CCCN(C(=O)Cn3ccc(=O)n(C)c3=O)C2)n[nH]1. The molecule has 0 saturated carbocycles. The van der Waals surface area contributed by atoms with E-state index in [9.17, 15) is 14.4 Å². The summed E-state index contributed by atoms with van der Waals surface area (Å²) in [5.74, 6) is 0.0946. The third-order valence-corrected chi connectivity index (χ3v) is 4.48. The molecular formula is C16H21N5O3. The number of amides is 1. The molecule has 1 N–H and O–H groups in total. The molecule has 1 saturated heterocycles. The average Bonchev–Trinajstić information content (AvgIpc) is 3.02. The third kappa shape index (κ3) is 3.17. The molecule has 2 aromatic heterocycles. The Balaban J connectivity index is 1.72. The molecule has 1 fully saturated rings. The van der Waals surface area contributed by atoms with Crippen molar-refractivity contribution in [1.82, 2.24) is 24.2 Å². The van der Waals surface area contributed by atoms with Crippen molar-refractivity contribution in [3.63, 3.8) is 0 Å². The second kappa shape index (κ2) is 6.46. The number of aromatic amines is 1. The summed E-state index contributed by atoms with van der Waals surface area (Å²) in [6, 6.07) is 3.30. The molecule has 1 aliphatic rings. The van der Waals surface area contributed by atoms with Crippen LogP contribution in [-0.4, -0.2) is 43.2 Å². The van der Waals surface area contributed by atoms with E-state index in [1.54, 1.807) is 4.90 Å². The minimum Gasteiger partial charge on any atom is -0.340 e. The van der Waals surface area contributed by atoms with Crippen molar-refractivity contribution in [2.75, 3.05) is 13.1 Å². The van der Waals surface area contributed by atoms with Gasteiger partial charge in [-0.2, -0.15) is 5.10 Å². The minimum atomic E-state index is -0.479. The summed E-state index contributed by atoms with van der Waals surface area (Å²) in [7, 11) is 1.41. The van der Waals surface area contributed by atoms with Gasteiger partial charge in [0.25, 0.3) is 5.56 Å². The maximum absolute atomic E-state index is 12.5. The Morgan fingerprint density at radius 1 is 1.42 bits per heavy atom. The summed E-state index contributed by atoms with van der Waals surface area (Å²) in [5, 5.41) is 7.23. The molecule has 1 atom stereocenters. The lowest BCUT2D eigenvalue weighted by Crippen LogP contribution is -2.44. The van der Waals surface area contributed by atoms with Crippen LogP contribution in [0.2, 0.25) is 0 Å². The van der Waals surface area contributed by atoms with Crippen LogP contribution in [0.1, 0.15) is 30.1 Å². The van der Waals surface area contributed by atoms with Crippen molar-refractivity contribution in [1.29, 1.82) is 0 Å². The highest BCUT2D eigenvalue weighted by molar-refractivity contribution is 5.76. The highest BCUT2D eigenvalue weighted by Gasteiger charge is 2.26. The second-order valence-corrected chi connectivity index (χ2v) is 6.28. The third-order valence-electron chi connectivity index (χ3n) is 4.48. The van der Waals surface area contributed by atoms with Crippen LogP contribution in [0, 0.1) is 6.92 Å². The number of nitrogens with zero attached hydrogens (tertiary/aromatic N) is 4. The number of carbonyl (C=O) groups excluding carboxylic acids is 1. The van der Waals surface area contributed by atoms with E-state index in [2.05, 4.69) is 10.2 Å². The summed E-state index contributed by atoms with van der Waals surface area (Å²) in [6.07, 6.45) is 3.28. The van der Waals surface area contributed by atoms with Gasteiger partial charge in [0.1, 0.15) is 6.54 Å². The Morgan fingerprint density at radius 3 is 2.92 bits per heavy atom. The van der Waals surface area contributed by atoms with E-state index in [0.717, 1.165) is 28.8 Å². The van der Waals surface area contributed by atoms with Crippen molar-refractivity contribution < 1.29 is 4.79 Å². The molecule has 128 valence electrons. The number of likely N-dealkylation sites (tertiary alicyclic amines) is 1. The zero-order chi connectivity index (χ0) is 17.3. The van der Waals surface area contributed by atoms with E-state index in [-0.39, 0.29) is 23.9 Å². The van der Waals surface area contributed by atoms with Gasteiger partial charge in [-0.1, -0.05) is 0 Å². The topological polar surface area (TPSA) is 93.0 Å². The lowest BCUT2D eigenvalue weighted by Gasteiger charge is -2.32. The summed E-state index contributed by atoms with van der Waals surface area (Å²) in [6.45, 7) is 3.18. The van der Waals surface area contributed by atoms with Crippen LogP contribution in [0.5, 0.6) is 0 Å². The Morgan fingerprint density at radius 2 is 2.21 bits per heavy atom. The number of rotatable bonds is 3. The molecule has 0 unspecified atom stereocenters. The number of hydrogen-bond donors (Lipinski definition) is 1. The fraction of sp³-hybridized carbons (Fsp3) is 0.500. The van der Waals surface area contributed by atoms with Crippen molar-refractivity contribution >= 4 is 5.91 Å². The summed E-state index contributed by atoms with van der Waals surface area (Å²) in [5.41, 5.74) is 1.12. The van der Waals surface area contributed by atoms with Gasteiger partial charge >= 0.3 is 5.69 Å². The second-order valence-electron chi connectivity index (χ2n) is 6.28. The van der Waals surface area contributed by atoms with E-state index >= 15 is 0 Å². The molecule has 24 heavy (non-hydrogen) atoms. The number of aryl methyl sites for hydroxylation is 1. The predicted molar refractivity (Wildman–Crippen MR) is 87.8 cm³/mol. The van der Waals surface area contributed by atoms with Crippen LogP contribution in [0.3, 0.4) is 0 Å². The van der Waals surface area contributed by atoms with Gasteiger partial charge in [-0.15, -0.1) is 0 Å². The lowest BCUT2D eigenvalue weighted by molar-refractivity contribution is -0.133. The van der Waals surface area contributed by atoms with Crippen molar-refractivity contribution in [2.45, 2.75) is 32.2 Å². The molecule has 1 aliphatic heterocycles. The van der Waals surface area contributed by atoms with E-state index < -0.39 is 5.69 Å². The Labute approximate surface area is 138 Å². The zero-order valence-corrected chi connectivity index (χ0v) is 13.9. The monoisotopic (exact) mass is 331 g/mol. The van der Waals surface area contributed by atoms with Gasteiger partial charge in [0, 0.05) is 44.0 Å². The Bertz CT molecular complexity index is 863. The van der Waals surface area contributed by atoms with E-state index in [4.69, 9.17) is 0 Å². The standard InChI is InChI=1S/C16H21N5O3/c1-11-8-13(18-17-11)12-4-3-6-20(9-12)15(23)10-21-7-5-14(22)19(2)16(21)24/h5,7-8,12H,3-4,6,9-10H2,1-2H3,(H,17,18)/t12-/m1/s1. The van der Waals surface area contributed by atoms with Gasteiger partial charge in [-0.05, 0) is 25.8 Å².